The van der Waals surface area contributed by atoms with Crippen LogP contribution in [-0.4, -0.2) is 34.1 Å². The highest BCUT2D eigenvalue weighted by Gasteiger charge is 2.36. The maximum Gasteiger partial charge on any atom is 0.321 e. The van der Waals surface area contributed by atoms with Gasteiger partial charge in [0.25, 0.3) is 0 Å². The van der Waals surface area contributed by atoms with E-state index in [1.807, 2.05) is 13.8 Å². The van der Waals surface area contributed by atoms with Gasteiger partial charge in [0.2, 0.25) is 0 Å². The molecule has 0 amide bonds. The van der Waals surface area contributed by atoms with Gasteiger partial charge in [0.15, 0.2) is 0 Å². The number of rotatable bonds is 3. The smallest absolute Gasteiger partial charge is 0.321 e. The molecule has 1 aliphatic heterocycles. The summed E-state index contributed by atoms with van der Waals surface area (Å²) in [7, 11) is 0. The Hall–Kier alpha value is -0.570. The summed E-state index contributed by atoms with van der Waals surface area (Å²) in [6.07, 6.45) is 3.48. The van der Waals surface area contributed by atoms with Crippen molar-refractivity contribution in [1.29, 1.82) is 0 Å². The van der Waals surface area contributed by atoms with Crippen LogP contribution in [0.1, 0.15) is 47.0 Å². The molecule has 3 atom stereocenters. The zero-order valence-corrected chi connectivity index (χ0v) is 10.2. The van der Waals surface area contributed by atoms with Crippen molar-refractivity contribution in [3.8, 4) is 0 Å². The van der Waals surface area contributed by atoms with E-state index in [2.05, 4.69) is 18.7 Å². The molecular formula is C12H23NO2. The van der Waals surface area contributed by atoms with Gasteiger partial charge in [-0.2, -0.15) is 0 Å². The standard InChI is InChI=1S/C12H23NO2/c1-8(2)11(12(14)15)13-9(3)6-5-7-10(13)4/h8-11H,5-7H2,1-4H3,(H,14,15). The number of carboxylic acid groups (broad SMARTS) is 1. The molecule has 0 aromatic rings. The summed E-state index contributed by atoms with van der Waals surface area (Å²) in [6, 6.07) is 0.477. The second kappa shape index (κ2) is 4.97. The molecule has 1 saturated heterocycles. The summed E-state index contributed by atoms with van der Waals surface area (Å²) >= 11 is 0. The minimum Gasteiger partial charge on any atom is -0.480 e. The molecule has 3 unspecified atom stereocenters. The van der Waals surface area contributed by atoms with Crippen molar-refractivity contribution >= 4 is 5.97 Å². The molecule has 0 aromatic carbocycles. The number of likely N-dealkylation sites (tertiary alicyclic amines) is 1. The van der Waals surface area contributed by atoms with E-state index in [-0.39, 0.29) is 12.0 Å². The van der Waals surface area contributed by atoms with Gasteiger partial charge in [0.1, 0.15) is 6.04 Å². The molecule has 1 heterocycles. The number of hydrogen-bond acceptors (Lipinski definition) is 2. The maximum atomic E-state index is 11.3. The van der Waals surface area contributed by atoms with Crippen LogP contribution in [0.4, 0.5) is 0 Å². The number of piperidine rings is 1. The Labute approximate surface area is 92.5 Å². The third-order valence-corrected chi connectivity index (χ3v) is 3.47. The van der Waals surface area contributed by atoms with Crippen molar-refractivity contribution in [1.82, 2.24) is 4.90 Å². The fourth-order valence-corrected chi connectivity index (χ4v) is 2.75. The first-order valence-corrected chi connectivity index (χ1v) is 5.95. The van der Waals surface area contributed by atoms with Gasteiger partial charge in [-0.3, -0.25) is 9.69 Å². The van der Waals surface area contributed by atoms with E-state index in [1.54, 1.807) is 0 Å². The van der Waals surface area contributed by atoms with Crippen molar-refractivity contribution in [3.05, 3.63) is 0 Å². The Balaban J connectivity index is 2.84. The van der Waals surface area contributed by atoms with Crippen LogP contribution in [0, 0.1) is 5.92 Å². The minimum absolute atomic E-state index is 0.172. The first-order chi connectivity index (χ1) is 6.95. The Kier molecular flexibility index (Phi) is 4.14. The lowest BCUT2D eigenvalue weighted by atomic mass is 9.91. The highest BCUT2D eigenvalue weighted by Crippen LogP contribution is 2.27. The zero-order valence-electron chi connectivity index (χ0n) is 10.2. The normalized spacial score (nSPS) is 30.5. The molecule has 88 valence electrons. The van der Waals surface area contributed by atoms with E-state index in [1.165, 1.54) is 6.42 Å². The molecule has 1 fully saturated rings. The molecule has 0 radical (unpaired) electrons. The van der Waals surface area contributed by atoms with Crippen LogP contribution in [0.15, 0.2) is 0 Å². The van der Waals surface area contributed by atoms with E-state index in [0.29, 0.717) is 12.1 Å². The molecule has 0 aliphatic carbocycles. The van der Waals surface area contributed by atoms with E-state index in [0.717, 1.165) is 12.8 Å². The highest BCUT2D eigenvalue weighted by atomic mass is 16.4. The molecule has 15 heavy (non-hydrogen) atoms. The molecule has 3 heteroatoms. The molecular weight excluding hydrogens is 190 g/mol. The first kappa shape index (κ1) is 12.5. The maximum absolute atomic E-state index is 11.3. The molecule has 3 nitrogen and oxygen atoms in total. The lowest BCUT2D eigenvalue weighted by Crippen LogP contribution is -2.55. The second-order valence-electron chi connectivity index (χ2n) is 5.10. The molecule has 1 aliphatic rings. The highest BCUT2D eigenvalue weighted by molar-refractivity contribution is 5.73. The molecule has 1 rings (SSSR count). The summed E-state index contributed by atoms with van der Waals surface area (Å²) in [5.74, 6) is -0.504. The lowest BCUT2D eigenvalue weighted by Gasteiger charge is -2.43. The molecule has 0 bridgehead atoms. The number of carboxylic acids is 1. The van der Waals surface area contributed by atoms with Crippen LogP contribution in [0.5, 0.6) is 0 Å². The van der Waals surface area contributed by atoms with Crippen molar-refractivity contribution in [2.75, 3.05) is 0 Å². The van der Waals surface area contributed by atoms with Crippen molar-refractivity contribution in [3.63, 3.8) is 0 Å². The predicted octanol–water partition coefficient (Wildman–Crippen LogP) is 2.36. The van der Waals surface area contributed by atoms with Crippen LogP contribution in [-0.2, 0) is 4.79 Å². The molecule has 1 N–H and O–H groups in total. The van der Waals surface area contributed by atoms with E-state index in [9.17, 15) is 9.90 Å². The Bertz CT molecular complexity index is 218. The Morgan fingerprint density at radius 2 is 1.73 bits per heavy atom. The summed E-state index contributed by atoms with van der Waals surface area (Å²) in [5.41, 5.74) is 0. The van der Waals surface area contributed by atoms with Crippen molar-refractivity contribution < 1.29 is 9.90 Å². The average Bonchev–Trinajstić information content (AvgIpc) is 2.09. The topological polar surface area (TPSA) is 40.5 Å². The predicted molar refractivity (Wildman–Crippen MR) is 60.9 cm³/mol. The van der Waals surface area contributed by atoms with E-state index in [4.69, 9.17) is 0 Å². The van der Waals surface area contributed by atoms with Gasteiger partial charge < -0.3 is 5.11 Å². The average molecular weight is 213 g/mol. The van der Waals surface area contributed by atoms with E-state index >= 15 is 0 Å². The van der Waals surface area contributed by atoms with E-state index < -0.39 is 5.97 Å². The van der Waals surface area contributed by atoms with Gasteiger partial charge in [-0.05, 0) is 32.6 Å². The van der Waals surface area contributed by atoms with Crippen LogP contribution < -0.4 is 0 Å². The van der Waals surface area contributed by atoms with Gasteiger partial charge in [-0.25, -0.2) is 0 Å². The molecule has 0 spiro atoms. The number of nitrogens with zero attached hydrogens (tertiary/aromatic N) is 1. The van der Waals surface area contributed by atoms with Crippen LogP contribution in [0.2, 0.25) is 0 Å². The van der Waals surface area contributed by atoms with Crippen LogP contribution >= 0.6 is 0 Å². The summed E-state index contributed by atoms with van der Waals surface area (Å²) in [4.78, 5) is 13.5. The Morgan fingerprint density at radius 1 is 1.27 bits per heavy atom. The van der Waals surface area contributed by atoms with Gasteiger partial charge in [-0.1, -0.05) is 20.3 Å². The quantitative estimate of drug-likeness (QED) is 0.782. The fourth-order valence-electron chi connectivity index (χ4n) is 2.75. The van der Waals surface area contributed by atoms with Crippen molar-refractivity contribution in [2.45, 2.75) is 65.1 Å². The third-order valence-electron chi connectivity index (χ3n) is 3.47. The van der Waals surface area contributed by atoms with Gasteiger partial charge in [0.05, 0.1) is 0 Å². The third kappa shape index (κ3) is 2.71. The molecule has 0 saturated carbocycles. The monoisotopic (exact) mass is 213 g/mol. The zero-order chi connectivity index (χ0) is 11.6. The molecule has 0 aromatic heterocycles. The first-order valence-electron chi connectivity index (χ1n) is 5.95. The van der Waals surface area contributed by atoms with Crippen LogP contribution in [0.25, 0.3) is 0 Å². The van der Waals surface area contributed by atoms with Gasteiger partial charge in [-0.15, -0.1) is 0 Å². The SMILES string of the molecule is CC(C)C(C(=O)O)N1C(C)CCCC1C. The largest absolute Gasteiger partial charge is 0.480 e. The number of hydrogen-bond donors (Lipinski definition) is 1. The summed E-state index contributed by atoms with van der Waals surface area (Å²) in [5, 5.41) is 9.29. The van der Waals surface area contributed by atoms with Crippen molar-refractivity contribution in [2.24, 2.45) is 5.92 Å². The second-order valence-corrected chi connectivity index (χ2v) is 5.10. The minimum atomic E-state index is -0.675. The fraction of sp³-hybridized carbons (Fsp3) is 0.917. The number of aliphatic carboxylic acids is 1. The Morgan fingerprint density at radius 3 is 2.07 bits per heavy atom. The summed E-state index contributed by atoms with van der Waals surface area (Å²) in [6.45, 7) is 8.28. The van der Waals surface area contributed by atoms with Gasteiger partial charge >= 0.3 is 5.97 Å². The lowest BCUT2D eigenvalue weighted by molar-refractivity contribution is -0.148. The summed E-state index contributed by atoms with van der Waals surface area (Å²) < 4.78 is 0. The number of carbonyl (C=O) groups is 1. The van der Waals surface area contributed by atoms with Crippen LogP contribution in [0.3, 0.4) is 0 Å². The van der Waals surface area contributed by atoms with Gasteiger partial charge in [0, 0.05) is 12.1 Å².